The number of carbonyl (C=O) groups excluding carboxylic acids is 2. The Bertz CT molecular complexity index is 1040. The van der Waals surface area contributed by atoms with Crippen LogP contribution in [0.4, 0.5) is 5.69 Å². The average molecular weight is 490 g/mol. The van der Waals surface area contributed by atoms with Crippen molar-refractivity contribution < 1.29 is 9.59 Å². The van der Waals surface area contributed by atoms with E-state index in [1.807, 2.05) is 11.9 Å². The van der Waals surface area contributed by atoms with Crippen molar-refractivity contribution in [2.75, 3.05) is 12.4 Å². The lowest BCUT2D eigenvalue weighted by Gasteiger charge is -2.59. The van der Waals surface area contributed by atoms with Crippen molar-refractivity contribution in [2.24, 2.45) is 34.5 Å². The van der Waals surface area contributed by atoms with Gasteiger partial charge in [0.15, 0.2) is 0 Å². The van der Waals surface area contributed by atoms with Crippen molar-refractivity contribution in [3.8, 4) is 0 Å². The Morgan fingerprint density at radius 2 is 1.82 bits per heavy atom. The maximum atomic E-state index is 13.4. The van der Waals surface area contributed by atoms with Crippen molar-refractivity contribution in [2.45, 2.75) is 65.7 Å². The highest BCUT2D eigenvalue weighted by molar-refractivity contribution is 6.33. The molecule has 7 heteroatoms. The van der Waals surface area contributed by atoms with Crippen LogP contribution in [0.5, 0.6) is 0 Å². The summed E-state index contributed by atoms with van der Waals surface area (Å²) in [5.74, 6) is 1.95. The molecular weight excluding hydrogens is 457 g/mol. The van der Waals surface area contributed by atoms with E-state index in [0.717, 1.165) is 38.5 Å². The summed E-state index contributed by atoms with van der Waals surface area (Å²) < 4.78 is 0. The first kappa shape index (κ1) is 23.2. The molecule has 2 amide bonds. The number of aromatic nitrogens is 1. The van der Waals surface area contributed by atoms with Gasteiger partial charge in [-0.1, -0.05) is 42.6 Å². The summed E-state index contributed by atoms with van der Waals surface area (Å²) in [7, 11) is 1.96. The quantitative estimate of drug-likeness (QED) is 0.494. The van der Waals surface area contributed by atoms with Crippen molar-refractivity contribution in [3.63, 3.8) is 0 Å². The Hall–Kier alpha value is -1.59. The first-order chi connectivity index (χ1) is 15.5. The molecule has 0 unspecified atom stereocenters. The van der Waals surface area contributed by atoms with Gasteiger partial charge in [-0.05, 0) is 80.8 Å². The predicted molar refractivity (Wildman–Crippen MR) is 131 cm³/mol. The van der Waals surface area contributed by atoms with Crippen molar-refractivity contribution in [1.29, 1.82) is 0 Å². The average Bonchev–Trinajstić information content (AvgIpc) is 3.08. The van der Waals surface area contributed by atoms with Gasteiger partial charge in [0.1, 0.15) is 10.3 Å². The van der Waals surface area contributed by atoms with Crippen LogP contribution < -0.4 is 5.32 Å². The third-order valence-corrected chi connectivity index (χ3v) is 10.0. The Labute approximate surface area is 206 Å². The lowest BCUT2D eigenvalue weighted by molar-refractivity contribution is -0.137. The Morgan fingerprint density at radius 1 is 1.12 bits per heavy atom. The van der Waals surface area contributed by atoms with Crippen LogP contribution in [0.1, 0.15) is 65.7 Å². The molecule has 1 aliphatic heterocycles. The largest absolute Gasteiger partial charge is 0.326 e. The van der Waals surface area contributed by atoms with Crippen LogP contribution in [0.2, 0.25) is 10.3 Å². The standard InChI is InChI=1S/C26H33Cl2N3O2/c1-14-11-16-17-5-6-19(24(33)29-15-12-20(27)30-21(28)13-15)25(17,2)9-7-18(16)26(3)10-8-22(32)31(4)23(14)26/h12-13,16-19H,5-11H2,1-4H3,(H,29,30,33)/t16-,17-,18-,19+,25-,26+/m0/s1. The summed E-state index contributed by atoms with van der Waals surface area (Å²) >= 11 is 12.1. The fourth-order valence-electron chi connectivity index (χ4n) is 8.31. The number of piperidine rings is 1. The zero-order chi connectivity index (χ0) is 23.7. The van der Waals surface area contributed by atoms with Crippen molar-refractivity contribution in [1.82, 2.24) is 9.88 Å². The second-order valence-electron chi connectivity index (χ2n) is 11.2. The highest BCUT2D eigenvalue weighted by Gasteiger charge is 2.61. The number of rotatable bonds is 2. The second kappa shape index (κ2) is 7.98. The van der Waals surface area contributed by atoms with Gasteiger partial charge in [-0.3, -0.25) is 9.59 Å². The van der Waals surface area contributed by atoms with Crippen LogP contribution in [0, 0.1) is 34.5 Å². The van der Waals surface area contributed by atoms with E-state index in [2.05, 4.69) is 31.1 Å². The summed E-state index contributed by atoms with van der Waals surface area (Å²) in [6.45, 7) is 6.95. The zero-order valence-electron chi connectivity index (χ0n) is 19.9. The normalized spacial score (nSPS) is 38.0. The van der Waals surface area contributed by atoms with Gasteiger partial charge >= 0.3 is 0 Å². The number of likely N-dealkylation sites (tertiary alicyclic amines) is 1. The van der Waals surface area contributed by atoms with E-state index in [-0.39, 0.29) is 38.9 Å². The topological polar surface area (TPSA) is 62.3 Å². The fraction of sp³-hybridized carbons (Fsp3) is 0.654. The molecule has 4 aliphatic rings. The predicted octanol–water partition coefficient (Wildman–Crippen LogP) is 6.32. The Balaban J connectivity index is 1.41. The van der Waals surface area contributed by atoms with Gasteiger partial charge in [0, 0.05) is 36.2 Å². The van der Waals surface area contributed by atoms with E-state index in [4.69, 9.17) is 23.2 Å². The molecule has 0 bridgehead atoms. The van der Waals surface area contributed by atoms with Gasteiger partial charge in [0.2, 0.25) is 11.8 Å². The SMILES string of the molecule is CC1=C2N(C)C(=O)CC[C@]2(C)[C@H]2CC[C@]3(C)[C@@H](C(=O)Nc4cc(Cl)nc(Cl)c4)CC[C@H]3[C@@H]2C1. The van der Waals surface area contributed by atoms with Crippen LogP contribution in [-0.2, 0) is 9.59 Å². The van der Waals surface area contributed by atoms with E-state index in [0.29, 0.717) is 29.9 Å². The fourth-order valence-corrected chi connectivity index (χ4v) is 8.77. The smallest absolute Gasteiger partial charge is 0.228 e. The van der Waals surface area contributed by atoms with Gasteiger partial charge in [0.25, 0.3) is 0 Å². The summed E-state index contributed by atoms with van der Waals surface area (Å²) in [5, 5.41) is 3.62. The number of nitrogens with one attached hydrogen (secondary N) is 1. The van der Waals surface area contributed by atoms with Gasteiger partial charge in [-0.15, -0.1) is 0 Å². The molecule has 5 nitrogen and oxygen atoms in total. The van der Waals surface area contributed by atoms with Crippen LogP contribution in [0.15, 0.2) is 23.4 Å². The van der Waals surface area contributed by atoms with E-state index in [1.54, 1.807) is 12.1 Å². The van der Waals surface area contributed by atoms with Crippen LogP contribution in [0.25, 0.3) is 0 Å². The van der Waals surface area contributed by atoms with Gasteiger partial charge in [0.05, 0.1) is 0 Å². The Kier molecular flexibility index (Phi) is 5.60. The summed E-state index contributed by atoms with van der Waals surface area (Å²) in [4.78, 5) is 31.8. The van der Waals surface area contributed by atoms with Crippen molar-refractivity contribution in [3.05, 3.63) is 33.7 Å². The van der Waals surface area contributed by atoms with Gasteiger partial charge < -0.3 is 10.2 Å². The number of halogens is 2. The number of hydrogen-bond donors (Lipinski definition) is 1. The van der Waals surface area contributed by atoms with E-state index in [9.17, 15) is 9.59 Å². The molecule has 178 valence electrons. The van der Waals surface area contributed by atoms with Crippen LogP contribution >= 0.6 is 23.2 Å². The molecule has 1 aromatic rings. The van der Waals surface area contributed by atoms with E-state index in [1.165, 1.54) is 11.3 Å². The highest BCUT2D eigenvalue weighted by Crippen LogP contribution is 2.66. The van der Waals surface area contributed by atoms with Crippen molar-refractivity contribution >= 4 is 40.7 Å². The minimum Gasteiger partial charge on any atom is -0.326 e. The number of anilines is 1. The molecule has 1 aromatic heterocycles. The third kappa shape index (κ3) is 3.53. The molecule has 1 N–H and O–H groups in total. The number of amides is 2. The maximum absolute atomic E-state index is 13.4. The van der Waals surface area contributed by atoms with Crippen LogP contribution in [-0.4, -0.2) is 28.7 Å². The third-order valence-electron chi connectivity index (χ3n) is 9.66. The maximum Gasteiger partial charge on any atom is 0.228 e. The monoisotopic (exact) mass is 489 g/mol. The first-order valence-electron chi connectivity index (χ1n) is 12.2. The number of fused-ring (bicyclic) bond motifs is 5. The number of allylic oxidation sites excluding steroid dienone is 2. The molecule has 0 spiro atoms. The summed E-state index contributed by atoms with van der Waals surface area (Å²) in [5.41, 5.74) is 3.29. The number of nitrogens with zero attached hydrogens (tertiary/aromatic N) is 2. The molecule has 0 radical (unpaired) electrons. The minimum absolute atomic E-state index is 0.0175. The van der Waals surface area contributed by atoms with Gasteiger partial charge in [-0.2, -0.15) is 0 Å². The van der Waals surface area contributed by atoms with E-state index < -0.39 is 0 Å². The number of hydrogen-bond acceptors (Lipinski definition) is 3. The Morgan fingerprint density at radius 3 is 2.52 bits per heavy atom. The van der Waals surface area contributed by atoms with Crippen LogP contribution in [0.3, 0.4) is 0 Å². The molecule has 33 heavy (non-hydrogen) atoms. The molecular formula is C26H33Cl2N3O2. The summed E-state index contributed by atoms with van der Waals surface area (Å²) in [6.07, 6.45) is 6.78. The zero-order valence-corrected chi connectivity index (χ0v) is 21.4. The van der Waals surface area contributed by atoms with Gasteiger partial charge in [-0.25, -0.2) is 4.98 Å². The molecule has 2 heterocycles. The lowest BCUT2D eigenvalue weighted by atomic mass is 9.48. The minimum atomic E-state index is -0.0248. The number of carbonyl (C=O) groups is 2. The molecule has 5 rings (SSSR count). The molecule has 0 aromatic carbocycles. The molecule has 3 aliphatic carbocycles. The molecule has 3 fully saturated rings. The molecule has 2 saturated carbocycles. The second-order valence-corrected chi connectivity index (χ2v) is 12.0. The molecule has 6 atom stereocenters. The van der Waals surface area contributed by atoms with E-state index >= 15 is 0 Å². The lowest BCUT2D eigenvalue weighted by Crippen LogP contribution is -2.54. The molecule has 1 saturated heterocycles. The highest BCUT2D eigenvalue weighted by atomic mass is 35.5. The first-order valence-corrected chi connectivity index (χ1v) is 12.9. The summed E-state index contributed by atoms with van der Waals surface area (Å²) in [6, 6.07) is 3.30. The number of pyridine rings is 1.